The van der Waals surface area contributed by atoms with Crippen LogP contribution in [0.5, 0.6) is 0 Å². The summed E-state index contributed by atoms with van der Waals surface area (Å²) in [6.07, 6.45) is 0.778. The van der Waals surface area contributed by atoms with Gasteiger partial charge < -0.3 is 10.5 Å². The van der Waals surface area contributed by atoms with E-state index in [0.29, 0.717) is 0 Å². The van der Waals surface area contributed by atoms with Crippen molar-refractivity contribution in [3.8, 4) is 0 Å². The average Bonchev–Trinajstić information content (AvgIpc) is 1.89. The highest BCUT2D eigenvalue weighted by Crippen LogP contribution is 2.14. The van der Waals surface area contributed by atoms with Gasteiger partial charge in [0.2, 0.25) is 0 Å². The molecular formula is C8H19NO. The van der Waals surface area contributed by atoms with Crippen LogP contribution in [0.1, 0.15) is 34.6 Å². The van der Waals surface area contributed by atoms with Crippen molar-refractivity contribution in [1.82, 2.24) is 0 Å². The average molecular weight is 145 g/mol. The van der Waals surface area contributed by atoms with Gasteiger partial charge in [-0.15, -0.1) is 0 Å². The highest BCUT2D eigenvalue weighted by atomic mass is 16.1. The summed E-state index contributed by atoms with van der Waals surface area (Å²) in [7, 11) is 0. The Morgan fingerprint density at radius 2 is 1.60 bits per heavy atom. The Kier molecular flexibility index (Phi) is 6.67. The van der Waals surface area contributed by atoms with E-state index in [9.17, 15) is 4.79 Å². The van der Waals surface area contributed by atoms with E-state index in [1.807, 2.05) is 34.6 Å². The molecule has 1 unspecified atom stereocenters. The number of nitrogens with two attached hydrogens (primary N) is 1. The monoisotopic (exact) mass is 145 g/mol. The SMILES string of the molecule is CC.CC(C)(C)C(N)C=O. The molecule has 0 aromatic carbocycles. The van der Waals surface area contributed by atoms with Crippen LogP contribution in [-0.2, 0) is 4.79 Å². The first-order valence-electron chi connectivity index (χ1n) is 3.69. The van der Waals surface area contributed by atoms with Crippen LogP contribution in [0, 0.1) is 5.41 Å². The smallest absolute Gasteiger partial charge is 0.137 e. The van der Waals surface area contributed by atoms with Gasteiger partial charge >= 0.3 is 0 Å². The Morgan fingerprint density at radius 3 is 1.60 bits per heavy atom. The van der Waals surface area contributed by atoms with Crippen LogP contribution in [-0.4, -0.2) is 12.3 Å². The van der Waals surface area contributed by atoms with E-state index in [0.717, 1.165) is 6.29 Å². The molecule has 0 saturated carbocycles. The lowest BCUT2D eigenvalue weighted by atomic mass is 9.89. The molecule has 1 atom stereocenters. The van der Waals surface area contributed by atoms with Crippen LogP contribution in [0.3, 0.4) is 0 Å². The molecule has 0 fully saturated rings. The standard InChI is InChI=1S/C6H13NO.C2H6/c1-6(2,3)5(7)4-8;1-2/h4-5H,7H2,1-3H3;1-2H3. The van der Waals surface area contributed by atoms with Crippen LogP contribution in [0.15, 0.2) is 0 Å². The number of rotatable bonds is 1. The maximum atomic E-state index is 10.0. The zero-order valence-corrected chi connectivity index (χ0v) is 7.64. The summed E-state index contributed by atoms with van der Waals surface area (Å²) in [4.78, 5) is 10.0. The zero-order chi connectivity index (χ0) is 8.78. The highest BCUT2D eigenvalue weighted by molar-refractivity contribution is 5.58. The fourth-order valence-electron chi connectivity index (χ4n) is 0.204. The fraction of sp³-hybridized carbons (Fsp3) is 0.875. The van der Waals surface area contributed by atoms with Crippen molar-refractivity contribution < 1.29 is 4.79 Å². The first-order valence-corrected chi connectivity index (χ1v) is 3.69. The van der Waals surface area contributed by atoms with E-state index in [2.05, 4.69) is 0 Å². The predicted molar refractivity (Wildman–Crippen MR) is 44.8 cm³/mol. The van der Waals surface area contributed by atoms with Gasteiger partial charge in [0.25, 0.3) is 0 Å². The number of hydrogen-bond acceptors (Lipinski definition) is 2. The third kappa shape index (κ3) is 5.76. The first kappa shape index (κ1) is 12.3. The van der Waals surface area contributed by atoms with Gasteiger partial charge in [0.05, 0.1) is 6.04 Å². The molecule has 10 heavy (non-hydrogen) atoms. The van der Waals surface area contributed by atoms with Crippen molar-refractivity contribution in [3.05, 3.63) is 0 Å². The van der Waals surface area contributed by atoms with E-state index < -0.39 is 0 Å². The van der Waals surface area contributed by atoms with Crippen molar-refractivity contribution in [2.75, 3.05) is 0 Å². The molecule has 0 radical (unpaired) electrons. The molecule has 0 aromatic rings. The molecule has 0 aromatic heterocycles. The minimum Gasteiger partial charge on any atom is -0.321 e. The Labute approximate surface area is 63.8 Å². The summed E-state index contributed by atoms with van der Waals surface area (Å²) in [6.45, 7) is 9.81. The van der Waals surface area contributed by atoms with Crippen molar-refractivity contribution >= 4 is 6.29 Å². The minimum atomic E-state index is -0.331. The van der Waals surface area contributed by atoms with Gasteiger partial charge in [0, 0.05) is 0 Å². The summed E-state index contributed by atoms with van der Waals surface area (Å²) in [5, 5.41) is 0. The normalized spacial score (nSPS) is 13.0. The van der Waals surface area contributed by atoms with Gasteiger partial charge in [-0.3, -0.25) is 0 Å². The summed E-state index contributed by atoms with van der Waals surface area (Å²) in [5.41, 5.74) is 5.30. The first-order chi connectivity index (χ1) is 4.48. The summed E-state index contributed by atoms with van der Waals surface area (Å²) in [6, 6.07) is -0.331. The molecule has 2 heteroatoms. The van der Waals surface area contributed by atoms with Gasteiger partial charge in [-0.25, -0.2) is 0 Å². The molecule has 0 bridgehead atoms. The number of carbonyl (C=O) groups is 1. The summed E-state index contributed by atoms with van der Waals surface area (Å²) >= 11 is 0. The Bertz CT molecular complexity index is 83.7. The summed E-state index contributed by atoms with van der Waals surface area (Å²) < 4.78 is 0. The van der Waals surface area contributed by atoms with Crippen molar-refractivity contribution in [2.24, 2.45) is 11.1 Å². The molecular weight excluding hydrogens is 126 g/mol. The minimum absolute atomic E-state index is 0.0816. The van der Waals surface area contributed by atoms with Crippen LogP contribution >= 0.6 is 0 Å². The second-order valence-corrected chi connectivity index (χ2v) is 3.03. The van der Waals surface area contributed by atoms with Gasteiger partial charge in [-0.2, -0.15) is 0 Å². The molecule has 0 aliphatic rings. The molecule has 2 N–H and O–H groups in total. The quantitative estimate of drug-likeness (QED) is 0.569. The lowest BCUT2D eigenvalue weighted by Crippen LogP contribution is -2.36. The van der Waals surface area contributed by atoms with Crippen LogP contribution in [0.4, 0.5) is 0 Å². The molecule has 0 aliphatic heterocycles. The van der Waals surface area contributed by atoms with E-state index in [1.54, 1.807) is 0 Å². The second-order valence-electron chi connectivity index (χ2n) is 3.03. The maximum absolute atomic E-state index is 10.0. The fourth-order valence-corrected chi connectivity index (χ4v) is 0.204. The Morgan fingerprint density at radius 1 is 1.30 bits per heavy atom. The highest BCUT2D eigenvalue weighted by Gasteiger charge is 2.18. The lowest BCUT2D eigenvalue weighted by Gasteiger charge is -2.20. The molecule has 0 rings (SSSR count). The zero-order valence-electron chi connectivity index (χ0n) is 7.64. The van der Waals surface area contributed by atoms with Gasteiger partial charge in [0.1, 0.15) is 6.29 Å². The van der Waals surface area contributed by atoms with Crippen molar-refractivity contribution in [2.45, 2.75) is 40.7 Å². The molecule has 0 spiro atoms. The largest absolute Gasteiger partial charge is 0.321 e. The molecule has 0 heterocycles. The number of hydrogen-bond donors (Lipinski definition) is 1. The van der Waals surface area contributed by atoms with Gasteiger partial charge in [-0.05, 0) is 5.41 Å². The molecule has 0 saturated heterocycles. The van der Waals surface area contributed by atoms with E-state index in [1.165, 1.54) is 0 Å². The van der Waals surface area contributed by atoms with E-state index in [4.69, 9.17) is 5.73 Å². The predicted octanol–water partition coefficient (Wildman–Crippen LogP) is 1.58. The molecule has 62 valence electrons. The molecule has 2 nitrogen and oxygen atoms in total. The number of carbonyl (C=O) groups excluding carboxylic acids is 1. The molecule has 0 amide bonds. The second kappa shape index (κ2) is 5.42. The Hall–Kier alpha value is -0.370. The molecule has 0 aliphatic carbocycles. The lowest BCUT2D eigenvalue weighted by molar-refractivity contribution is -0.110. The van der Waals surface area contributed by atoms with Crippen LogP contribution in [0.2, 0.25) is 0 Å². The number of aldehydes is 1. The van der Waals surface area contributed by atoms with Crippen molar-refractivity contribution in [1.29, 1.82) is 0 Å². The van der Waals surface area contributed by atoms with Crippen molar-refractivity contribution in [3.63, 3.8) is 0 Å². The maximum Gasteiger partial charge on any atom is 0.137 e. The van der Waals surface area contributed by atoms with E-state index in [-0.39, 0.29) is 11.5 Å². The third-order valence-corrected chi connectivity index (χ3v) is 1.15. The van der Waals surface area contributed by atoms with Crippen LogP contribution < -0.4 is 5.73 Å². The topological polar surface area (TPSA) is 43.1 Å². The third-order valence-electron chi connectivity index (χ3n) is 1.15. The van der Waals surface area contributed by atoms with Gasteiger partial charge in [0.15, 0.2) is 0 Å². The Balaban J connectivity index is 0. The van der Waals surface area contributed by atoms with Crippen LogP contribution in [0.25, 0.3) is 0 Å². The van der Waals surface area contributed by atoms with E-state index >= 15 is 0 Å². The summed E-state index contributed by atoms with van der Waals surface area (Å²) in [5.74, 6) is 0. The van der Waals surface area contributed by atoms with Gasteiger partial charge in [-0.1, -0.05) is 34.6 Å².